The molecule has 0 unspecified atom stereocenters. The summed E-state index contributed by atoms with van der Waals surface area (Å²) in [5.41, 5.74) is 3.08. The van der Waals surface area contributed by atoms with Gasteiger partial charge in [-0.3, -0.25) is 14.4 Å². The minimum atomic E-state index is -0.756. The lowest BCUT2D eigenvalue weighted by Gasteiger charge is -2.25. The molecule has 12 nitrogen and oxygen atoms in total. The molecule has 0 atom stereocenters. The first kappa shape index (κ1) is 36.4. The number of hydrogen-bond donors (Lipinski definition) is 3. The lowest BCUT2D eigenvalue weighted by Crippen LogP contribution is -2.43. The molecule has 2 heterocycles. The van der Waals surface area contributed by atoms with Crippen molar-refractivity contribution >= 4 is 41.2 Å². The number of methoxy groups -OCH3 is 1. The maximum Gasteiger partial charge on any atom is 0.416 e. The summed E-state index contributed by atoms with van der Waals surface area (Å²) >= 11 is 0. The number of amides is 4. The summed E-state index contributed by atoms with van der Waals surface area (Å²) in [5.74, 6) is -1.49. The Morgan fingerprint density at radius 1 is 1.02 bits per heavy atom. The molecule has 2 aromatic rings. The fourth-order valence-electron chi connectivity index (χ4n) is 5.07. The smallest absolute Gasteiger partial charge is 0.416 e. The Hall–Kier alpha value is -4.07. The average Bonchev–Trinajstić information content (AvgIpc) is 3.49. The molecule has 1 aromatic carbocycles. The number of halogens is 1. The van der Waals surface area contributed by atoms with Gasteiger partial charge < -0.3 is 34.7 Å². The number of anilines is 1. The predicted molar refractivity (Wildman–Crippen MR) is 173 cm³/mol. The van der Waals surface area contributed by atoms with E-state index >= 15 is 0 Å². The second kappa shape index (κ2) is 18.2. The van der Waals surface area contributed by atoms with E-state index in [1.807, 2.05) is 13.8 Å². The van der Waals surface area contributed by atoms with Crippen LogP contribution < -0.4 is 10.6 Å². The van der Waals surface area contributed by atoms with E-state index in [0.29, 0.717) is 79.5 Å². The van der Waals surface area contributed by atoms with Crippen LogP contribution in [-0.4, -0.2) is 105 Å². The molecule has 46 heavy (non-hydrogen) atoms. The van der Waals surface area contributed by atoms with E-state index < -0.39 is 17.8 Å². The number of nitrogens with one attached hydrogen (secondary N) is 3. The normalized spacial score (nSPS) is 13.2. The number of unbranched alkanes of at least 4 members (excludes halogenated alkanes) is 1. The molecule has 3 N–H and O–H groups in total. The molecule has 3 rings (SSSR count). The molecular weight excluding hydrogens is 597 g/mol. The molecule has 4 amide bonds. The number of hydrogen-bond acceptors (Lipinski definition) is 8. The minimum Gasteiger partial charge on any atom is -0.449 e. The van der Waals surface area contributed by atoms with Crippen LogP contribution in [0.15, 0.2) is 18.2 Å². The van der Waals surface area contributed by atoms with Crippen LogP contribution >= 0.6 is 0 Å². The second-order valence-electron chi connectivity index (χ2n) is 10.9. The van der Waals surface area contributed by atoms with Gasteiger partial charge in [0.15, 0.2) is 0 Å². The quantitative estimate of drug-likeness (QED) is 0.163. The van der Waals surface area contributed by atoms with Crippen molar-refractivity contribution in [3.8, 4) is 0 Å². The van der Waals surface area contributed by atoms with Crippen molar-refractivity contribution < 1.29 is 37.8 Å². The van der Waals surface area contributed by atoms with E-state index in [2.05, 4.69) is 20.5 Å². The van der Waals surface area contributed by atoms with Crippen LogP contribution in [0.5, 0.6) is 0 Å². The largest absolute Gasteiger partial charge is 0.449 e. The zero-order chi connectivity index (χ0) is 33.6. The molecule has 13 heteroatoms. The van der Waals surface area contributed by atoms with Crippen molar-refractivity contribution in [2.24, 2.45) is 0 Å². The van der Waals surface area contributed by atoms with Gasteiger partial charge in [-0.1, -0.05) is 13.8 Å². The van der Waals surface area contributed by atoms with Gasteiger partial charge in [-0.05, 0) is 69.6 Å². The van der Waals surface area contributed by atoms with Crippen molar-refractivity contribution in [2.45, 2.75) is 47.0 Å². The fourth-order valence-corrected chi connectivity index (χ4v) is 5.07. The summed E-state index contributed by atoms with van der Waals surface area (Å²) in [5, 5.41) is 5.53. The first-order chi connectivity index (χ1) is 22.1. The highest BCUT2D eigenvalue weighted by Crippen LogP contribution is 2.34. The molecule has 0 radical (unpaired) electrons. The summed E-state index contributed by atoms with van der Waals surface area (Å²) < 4.78 is 29.6. The van der Waals surface area contributed by atoms with Gasteiger partial charge in [-0.15, -0.1) is 0 Å². The van der Waals surface area contributed by atoms with Crippen LogP contribution in [0.1, 0.15) is 66.0 Å². The van der Waals surface area contributed by atoms with E-state index in [4.69, 9.17) is 14.2 Å². The first-order valence-electron chi connectivity index (χ1n) is 15.7. The first-order valence-corrected chi connectivity index (χ1v) is 15.7. The number of H-pyrrole nitrogens is 1. The van der Waals surface area contributed by atoms with Gasteiger partial charge in [0.2, 0.25) is 5.91 Å². The molecule has 0 aliphatic carbocycles. The van der Waals surface area contributed by atoms with Crippen LogP contribution in [0.3, 0.4) is 0 Å². The third-order valence-corrected chi connectivity index (χ3v) is 7.77. The number of carbonyl (C=O) groups excluding carboxylic acids is 4. The summed E-state index contributed by atoms with van der Waals surface area (Å²) in [6, 6.07) is 4.06. The Bertz CT molecular complexity index is 1400. The SMILES string of the molecule is CCN(CC)CCN(C(=O)OCCCCNC(=O)CCOCCOC)C(=O)c1c(C)[nH]c(/C=C2\C(=O)Nc3ccc(F)cc32)c1C. The summed E-state index contributed by atoms with van der Waals surface area (Å²) in [4.78, 5) is 58.1. The highest BCUT2D eigenvalue weighted by atomic mass is 19.1. The summed E-state index contributed by atoms with van der Waals surface area (Å²) in [6.45, 7) is 11.3. The molecule has 1 aliphatic heterocycles. The van der Waals surface area contributed by atoms with Gasteiger partial charge in [0, 0.05) is 55.8 Å². The fraction of sp³-hybridized carbons (Fsp3) is 0.515. The predicted octanol–water partition coefficient (Wildman–Crippen LogP) is 4.13. The number of aromatic nitrogens is 1. The monoisotopic (exact) mass is 643 g/mol. The Morgan fingerprint density at radius 2 is 1.78 bits per heavy atom. The lowest BCUT2D eigenvalue weighted by atomic mass is 10.0. The number of aryl methyl sites for hydroxylation is 1. The Labute approximate surface area is 269 Å². The highest BCUT2D eigenvalue weighted by molar-refractivity contribution is 6.35. The maximum atomic E-state index is 14.0. The molecule has 0 fully saturated rings. The number of benzene rings is 1. The van der Waals surface area contributed by atoms with E-state index in [1.54, 1.807) is 27.0 Å². The number of ether oxygens (including phenoxy) is 3. The number of likely N-dealkylation sites (N-methyl/N-ethyl adjacent to an activating group) is 1. The van der Waals surface area contributed by atoms with Crippen LogP contribution in [0.25, 0.3) is 11.6 Å². The van der Waals surface area contributed by atoms with E-state index in [0.717, 1.165) is 18.0 Å². The van der Waals surface area contributed by atoms with Gasteiger partial charge in [0.25, 0.3) is 11.8 Å². The number of carbonyl (C=O) groups is 4. The van der Waals surface area contributed by atoms with Crippen molar-refractivity contribution in [3.05, 3.63) is 52.1 Å². The van der Waals surface area contributed by atoms with Crippen molar-refractivity contribution in [3.63, 3.8) is 0 Å². The van der Waals surface area contributed by atoms with Crippen LogP contribution in [0.2, 0.25) is 0 Å². The molecule has 1 aliphatic rings. The second-order valence-corrected chi connectivity index (χ2v) is 10.9. The standard InChI is InChI=1S/C33H46FN5O7/c1-6-38(7-2)14-15-39(33(43)46-16-9-8-13-35-29(40)12-17-45-19-18-44-5)32(42)30-22(3)28(36-23(30)4)21-26-25-20-24(34)10-11-27(25)37-31(26)41/h10-11,20-21,36H,6-9,12-19H2,1-5H3,(H,35,40)(H,37,41)/b26-21-. The number of nitrogens with zero attached hydrogens (tertiary/aromatic N) is 2. The molecule has 1 aromatic heterocycles. The third-order valence-electron chi connectivity index (χ3n) is 7.77. The summed E-state index contributed by atoms with van der Waals surface area (Å²) in [6.07, 6.45) is 2.17. The topological polar surface area (TPSA) is 142 Å². The van der Waals surface area contributed by atoms with E-state index in [1.165, 1.54) is 18.2 Å². The van der Waals surface area contributed by atoms with Crippen LogP contribution in [0, 0.1) is 19.7 Å². The van der Waals surface area contributed by atoms with Crippen LogP contribution in [-0.2, 0) is 23.8 Å². The molecule has 252 valence electrons. The Morgan fingerprint density at radius 3 is 2.50 bits per heavy atom. The zero-order valence-electron chi connectivity index (χ0n) is 27.4. The zero-order valence-corrected chi connectivity index (χ0v) is 27.4. The van der Waals surface area contributed by atoms with Gasteiger partial charge in [0.05, 0.1) is 37.6 Å². The molecule has 0 spiro atoms. The van der Waals surface area contributed by atoms with Crippen molar-refractivity contribution in [1.29, 1.82) is 0 Å². The molecule has 0 saturated heterocycles. The highest BCUT2D eigenvalue weighted by Gasteiger charge is 2.30. The number of rotatable bonds is 18. The van der Waals surface area contributed by atoms with Gasteiger partial charge in [0.1, 0.15) is 5.82 Å². The van der Waals surface area contributed by atoms with E-state index in [9.17, 15) is 23.6 Å². The number of aromatic amines is 1. The summed E-state index contributed by atoms with van der Waals surface area (Å²) in [7, 11) is 1.58. The van der Waals surface area contributed by atoms with Crippen LogP contribution in [0.4, 0.5) is 14.9 Å². The van der Waals surface area contributed by atoms with Gasteiger partial charge in [-0.25, -0.2) is 14.1 Å². The van der Waals surface area contributed by atoms with Crippen molar-refractivity contribution in [2.75, 3.05) is 71.6 Å². The molecule has 0 bridgehead atoms. The van der Waals surface area contributed by atoms with Gasteiger partial charge in [-0.2, -0.15) is 0 Å². The third kappa shape index (κ3) is 9.96. The number of fused-ring (bicyclic) bond motifs is 1. The Balaban J connectivity index is 1.65. The minimum absolute atomic E-state index is 0.0808. The molecule has 0 saturated carbocycles. The average molecular weight is 644 g/mol. The number of imide groups is 1. The lowest BCUT2D eigenvalue weighted by molar-refractivity contribution is -0.122. The van der Waals surface area contributed by atoms with Crippen molar-refractivity contribution in [1.82, 2.24) is 20.1 Å². The molecular formula is C33H46FN5O7. The Kier molecular flexibility index (Phi) is 14.4. The van der Waals surface area contributed by atoms with E-state index in [-0.39, 0.29) is 37.0 Å². The van der Waals surface area contributed by atoms with Gasteiger partial charge >= 0.3 is 6.09 Å². The maximum absolute atomic E-state index is 14.0.